The molecule has 0 heterocycles. The zero-order valence-electron chi connectivity index (χ0n) is 12.6. The Morgan fingerprint density at radius 1 is 1.30 bits per heavy atom. The molecule has 0 radical (unpaired) electrons. The van der Waals surface area contributed by atoms with Gasteiger partial charge in [0.1, 0.15) is 11.4 Å². The maximum atomic E-state index is 11.4. The van der Waals surface area contributed by atoms with Crippen LogP contribution in [0.3, 0.4) is 0 Å². The molecule has 0 fully saturated rings. The minimum absolute atomic E-state index is 0.281. The van der Waals surface area contributed by atoms with Crippen molar-refractivity contribution in [3.63, 3.8) is 0 Å². The lowest BCUT2D eigenvalue weighted by atomic mass is 10.1. The number of aromatic hydroxyl groups is 1. The number of alkyl carbamates (subject to hydrolysis) is 1. The highest BCUT2D eigenvalue weighted by Crippen LogP contribution is 2.17. The summed E-state index contributed by atoms with van der Waals surface area (Å²) in [5.41, 5.74) is 1.47. The highest BCUT2D eigenvalue weighted by atomic mass is 16.6. The molecular weight excluding hydrogens is 256 g/mol. The maximum Gasteiger partial charge on any atom is 0.407 e. The number of phenolic OH excluding ortho intramolecular Hbond substituents is 1. The number of carbonyl (C=O) groups excluding carboxylic acids is 1. The lowest BCUT2D eigenvalue weighted by Gasteiger charge is -2.19. The first-order valence-corrected chi connectivity index (χ1v) is 6.74. The molecule has 0 unspecified atom stereocenters. The Hall–Kier alpha value is -1.75. The van der Waals surface area contributed by atoms with Crippen LogP contribution in [0, 0.1) is 6.92 Å². The number of aryl methyl sites for hydroxylation is 1. The number of hydrogen-bond acceptors (Lipinski definition) is 4. The van der Waals surface area contributed by atoms with Crippen LogP contribution in [-0.2, 0) is 11.3 Å². The Bertz CT molecular complexity index is 453. The average molecular weight is 280 g/mol. The van der Waals surface area contributed by atoms with Gasteiger partial charge in [0.2, 0.25) is 0 Å². The van der Waals surface area contributed by atoms with E-state index < -0.39 is 11.7 Å². The van der Waals surface area contributed by atoms with Crippen LogP contribution in [0.5, 0.6) is 5.75 Å². The van der Waals surface area contributed by atoms with Crippen LogP contribution < -0.4 is 10.6 Å². The van der Waals surface area contributed by atoms with Gasteiger partial charge in [0.25, 0.3) is 0 Å². The SMILES string of the molecule is Cc1ccc(O)c(CNCCNC(=O)OC(C)(C)C)c1. The zero-order chi connectivity index (χ0) is 15.2. The molecule has 0 saturated heterocycles. The molecule has 1 amide bonds. The Kier molecular flexibility index (Phi) is 5.82. The van der Waals surface area contributed by atoms with Crippen molar-refractivity contribution in [2.24, 2.45) is 0 Å². The van der Waals surface area contributed by atoms with Crippen LogP contribution in [0.2, 0.25) is 0 Å². The smallest absolute Gasteiger partial charge is 0.407 e. The molecular formula is C15H24N2O3. The molecule has 20 heavy (non-hydrogen) atoms. The highest BCUT2D eigenvalue weighted by molar-refractivity contribution is 5.67. The van der Waals surface area contributed by atoms with Gasteiger partial charge in [-0.25, -0.2) is 4.79 Å². The summed E-state index contributed by atoms with van der Waals surface area (Å²) in [6.45, 7) is 9.09. The van der Waals surface area contributed by atoms with Crippen LogP contribution in [0.4, 0.5) is 4.79 Å². The number of amides is 1. The Labute approximate surface area is 120 Å². The monoisotopic (exact) mass is 280 g/mol. The predicted molar refractivity (Wildman–Crippen MR) is 78.8 cm³/mol. The number of rotatable bonds is 5. The number of ether oxygens (including phenoxy) is 1. The quantitative estimate of drug-likeness (QED) is 0.724. The first-order valence-electron chi connectivity index (χ1n) is 6.74. The van der Waals surface area contributed by atoms with Gasteiger partial charge in [0.15, 0.2) is 0 Å². The van der Waals surface area contributed by atoms with Crippen molar-refractivity contribution in [1.82, 2.24) is 10.6 Å². The van der Waals surface area contributed by atoms with E-state index >= 15 is 0 Å². The fourth-order valence-electron chi connectivity index (χ4n) is 1.65. The second-order valence-electron chi connectivity index (χ2n) is 5.74. The van der Waals surface area contributed by atoms with Crippen molar-refractivity contribution in [1.29, 1.82) is 0 Å². The molecule has 0 aliphatic rings. The fraction of sp³-hybridized carbons (Fsp3) is 0.533. The Morgan fingerprint density at radius 2 is 2.00 bits per heavy atom. The third-order valence-corrected chi connectivity index (χ3v) is 2.52. The maximum absolute atomic E-state index is 11.4. The number of carbonyl (C=O) groups is 1. The highest BCUT2D eigenvalue weighted by Gasteiger charge is 2.15. The van der Waals surface area contributed by atoms with Crippen molar-refractivity contribution in [3.05, 3.63) is 29.3 Å². The van der Waals surface area contributed by atoms with Crippen molar-refractivity contribution >= 4 is 6.09 Å². The summed E-state index contributed by atoms with van der Waals surface area (Å²) in [4.78, 5) is 11.4. The molecule has 0 atom stereocenters. The van der Waals surface area contributed by atoms with Gasteiger partial charge in [-0.1, -0.05) is 17.7 Å². The summed E-state index contributed by atoms with van der Waals surface area (Å²) >= 11 is 0. The van der Waals surface area contributed by atoms with Crippen LogP contribution in [0.15, 0.2) is 18.2 Å². The van der Waals surface area contributed by atoms with E-state index in [9.17, 15) is 9.90 Å². The topological polar surface area (TPSA) is 70.6 Å². The standard InChI is InChI=1S/C15H24N2O3/c1-11-5-6-13(18)12(9-11)10-16-7-8-17-14(19)20-15(2,3)4/h5-6,9,16,18H,7-8,10H2,1-4H3,(H,17,19). The summed E-state index contributed by atoms with van der Waals surface area (Å²) in [5, 5.41) is 15.5. The van der Waals surface area contributed by atoms with Crippen LogP contribution >= 0.6 is 0 Å². The molecule has 0 aliphatic carbocycles. The van der Waals surface area contributed by atoms with Gasteiger partial charge in [0, 0.05) is 25.2 Å². The van der Waals surface area contributed by atoms with E-state index in [2.05, 4.69) is 10.6 Å². The van der Waals surface area contributed by atoms with Crippen molar-refractivity contribution < 1.29 is 14.6 Å². The van der Waals surface area contributed by atoms with E-state index in [1.807, 2.05) is 39.8 Å². The third kappa shape index (κ3) is 6.43. The summed E-state index contributed by atoms with van der Waals surface area (Å²) in [5.74, 6) is 0.281. The molecule has 3 N–H and O–H groups in total. The minimum atomic E-state index is -0.481. The van der Waals surface area contributed by atoms with E-state index in [4.69, 9.17) is 4.74 Å². The van der Waals surface area contributed by atoms with Gasteiger partial charge in [-0.3, -0.25) is 0 Å². The second-order valence-corrected chi connectivity index (χ2v) is 5.74. The van der Waals surface area contributed by atoms with E-state index in [0.717, 1.165) is 11.1 Å². The largest absolute Gasteiger partial charge is 0.508 e. The van der Waals surface area contributed by atoms with Gasteiger partial charge in [-0.2, -0.15) is 0 Å². The molecule has 5 heteroatoms. The second kappa shape index (κ2) is 7.14. The van der Waals surface area contributed by atoms with Crippen LogP contribution in [0.1, 0.15) is 31.9 Å². The number of nitrogens with one attached hydrogen (secondary N) is 2. The lowest BCUT2D eigenvalue weighted by Crippen LogP contribution is -2.36. The molecule has 0 aromatic heterocycles. The molecule has 1 rings (SSSR count). The molecule has 0 spiro atoms. The van der Waals surface area contributed by atoms with Crippen LogP contribution in [-0.4, -0.2) is 29.9 Å². The summed E-state index contributed by atoms with van der Waals surface area (Å²) in [7, 11) is 0. The van der Waals surface area contributed by atoms with Gasteiger partial charge >= 0.3 is 6.09 Å². The van der Waals surface area contributed by atoms with E-state index in [1.165, 1.54) is 0 Å². The molecule has 1 aromatic carbocycles. The van der Waals surface area contributed by atoms with Crippen molar-refractivity contribution in [2.75, 3.05) is 13.1 Å². The minimum Gasteiger partial charge on any atom is -0.508 e. The van der Waals surface area contributed by atoms with Crippen molar-refractivity contribution in [2.45, 2.75) is 39.8 Å². The van der Waals surface area contributed by atoms with E-state index in [1.54, 1.807) is 6.07 Å². The predicted octanol–water partition coefficient (Wildman–Crippen LogP) is 2.31. The van der Waals surface area contributed by atoms with Gasteiger partial charge in [-0.15, -0.1) is 0 Å². The molecule has 0 bridgehead atoms. The Morgan fingerprint density at radius 3 is 2.65 bits per heavy atom. The summed E-state index contributed by atoms with van der Waals surface area (Å²) in [6, 6.07) is 5.48. The van der Waals surface area contributed by atoms with Crippen molar-refractivity contribution in [3.8, 4) is 5.75 Å². The van der Waals surface area contributed by atoms with E-state index in [0.29, 0.717) is 19.6 Å². The van der Waals surface area contributed by atoms with Gasteiger partial charge in [0.05, 0.1) is 0 Å². The molecule has 0 saturated carbocycles. The number of phenols is 1. The fourth-order valence-corrected chi connectivity index (χ4v) is 1.65. The van der Waals surface area contributed by atoms with E-state index in [-0.39, 0.29) is 5.75 Å². The normalized spacial score (nSPS) is 11.2. The first-order chi connectivity index (χ1) is 9.28. The van der Waals surface area contributed by atoms with Gasteiger partial charge < -0.3 is 20.5 Å². The first kappa shape index (κ1) is 16.3. The average Bonchev–Trinajstić information content (AvgIpc) is 2.30. The third-order valence-electron chi connectivity index (χ3n) is 2.52. The lowest BCUT2D eigenvalue weighted by molar-refractivity contribution is 0.0528. The zero-order valence-corrected chi connectivity index (χ0v) is 12.6. The summed E-state index contributed by atoms with van der Waals surface area (Å²) in [6.07, 6.45) is -0.419. The van der Waals surface area contributed by atoms with Crippen LogP contribution in [0.25, 0.3) is 0 Å². The molecule has 1 aromatic rings. The molecule has 112 valence electrons. The number of benzene rings is 1. The Balaban J connectivity index is 2.22. The molecule has 0 aliphatic heterocycles. The molecule has 5 nitrogen and oxygen atoms in total. The summed E-state index contributed by atoms with van der Waals surface area (Å²) < 4.78 is 5.12. The number of hydrogen-bond donors (Lipinski definition) is 3. The van der Waals surface area contributed by atoms with Gasteiger partial charge in [-0.05, 0) is 33.8 Å².